The fourth-order valence-electron chi connectivity index (χ4n) is 2.94. The number of carbonyl (C=O) groups is 1. The number of rotatable bonds is 5. The molecule has 2 aromatic heterocycles. The van der Waals surface area contributed by atoms with Crippen molar-refractivity contribution in [3.05, 3.63) is 60.6 Å². The van der Waals surface area contributed by atoms with Gasteiger partial charge in [-0.05, 0) is 37.0 Å². The Morgan fingerprint density at radius 2 is 2.07 bits per heavy atom. The molecule has 1 amide bonds. The van der Waals surface area contributed by atoms with Gasteiger partial charge in [-0.15, -0.1) is 5.10 Å². The molecule has 0 saturated carbocycles. The van der Waals surface area contributed by atoms with Gasteiger partial charge in [0, 0.05) is 6.61 Å². The number of aromatic nitrogens is 4. The van der Waals surface area contributed by atoms with Crippen LogP contribution in [0.15, 0.2) is 55.0 Å². The van der Waals surface area contributed by atoms with E-state index in [9.17, 15) is 4.79 Å². The molecule has 1 saturated heterocycles. The van der Waals surface area contributed by atoms with Gasteiger partial charge < -0.3 is 9.47 Å². The zero-order chi connectivity index (χ0) is 19.2. The van der Waals surface area contributed by atoms with Crippen LogP contribution in [0, 0.1) is 0 Å². The number of nitrogens with zero attached hydrogens (tertiary/aromatic N) is 4. The number of amides is 1. The molecule has 28 heavy (non-hydrogen) atoms. The molecule has 1 fully saturated rings. The van der Waals surface area contributed by atoms with Crippen molar-refractivity contribution in [2.45, 2.75) is 32.1 Å². The minimum absolute atomic E-state index is 0.0599. The first-order chi connectivity index (χ1) is 13.8. The van der Waals surface area contributed by atoms with Gasteiger partial charge in [0.25, 0.3) is 0 Å². The summed E-state index contributed by atoms with van der Waals surface area (Å²) in [5.74, 6) is 0.521. The van der Waals surface area contributed by atoms with Crippen LogP contribution in [0.4, 0.5) is 10.5 Å². The SMILES string of the molecule is O=C(Nc1ccc(-c2ncn(C3CCCCO3)n2)nc1)OCc1ccccc1. The maximum absolute atomic E-state index is 11.9. The molecule has 1 aliphatic rings. The van der Waals surface area contributed by atoms with Crippen molar-refractivity contribution in [3.8, 4) is 11.5 Å². The molecule has 4 rings (SSSR count). The van der Waals surface area contributed by atoms with Crippen molar-refractivity contribution in [2.24, 2.45) is 0 Å². The molecule has 3 heterocycles. The fourth-order valence-corrected chi connectivity index (χ4v) is 2.94. The van der Waals surface area contributed by atoms with E-state index in [2.05, 4.69) is 20.4 Å². The molecule has 0 radical (unpaired) electrons. The summed E-state index contributed by atoms with van der Waals surface area (Å²) in [5.41, 5.74) is 2.09. The summed E-state index contributed by atoms with van der Waals surface area (Å²) < 4.78 is 12.6. The van der Waals surface area contributed by atoms with E-state index < -0.39 is 6.09 Å². The van der Waals surface area contributed by atoms with E-state index in [1.165, 1.54) is 0 Å². The zero-order valence-corrected chi connectivity index (χ0v) is 15.3. The van der Waals surface area contributed by atoms with E-state index in [4.69, 9.17) is 9.47 Å². The minimum atomic E-state index is -0.532. The van der Waals surface area contributed by atoms with Gasteiger partial charge >= 0.3 is 6.09 Å². The summed E-state index contributed by atoms with van der Waals surface area (Å²) in [6, 6.07) is 13.0. The molecule has 8 nitrogen and oxygen atoms in total. The summed E-state index contributed by atoms with van der Waals surface area (Å²) in [7, 11) is 0. The normalized spacial score (nSPS) is 16.5. The van der Waals surface area contributed by atoms with E-state index in [1.807, 2.05) is 30.3 Å². The van der Waals surface area contributed by atoms with Crippen LogP contribution in [-0.4, -0.2) is 32.4 Å². The smallest absolute Gasteiger partial charge is 0.412 e. The molecule has 1 unspecified atom stereocenters. The summed E-state index contributed by atoms with van der Waals surface area (Å²) in [6.07, 6.45) is 5.77. The molecule has 1 aromatic carbocycles. The van der Waals surface area contributed by atoms with E-state index >= 15 is 0 Å². The third-order valence-corrected chi connectivity index (χ3v) is 4.41. The average Bonchev–Trinajstić information content (AvgIpc) is 3.25. The summed E-state index contributed by atoms with van der Waals surface area (Å²) in [5, 5.41) is 7.12. The Morgan fingerprint density at radius 1 is 1.18 bits per heavy atom. The molecule has 144 valence electrons. The van der Waals surface area contributed by atoms with Crippen molar-refractivity contribution in [3.63, 3.8) is 0 Å². The highest BCUT2D eigenvalue weighted by Gasteiger charge is 2.18. The largest absolute Gasteiger partial charge is 0.444 e. The summed E-state index contributed by atoms with van der Waals surface area (Å²) in [4.78, 5) is 20.6. The van der Waals surface area contributed by atoms with Crippen LogP contribution in [0.2, 0.25) is 0 Å². The molecular weight excluding hydrogens is 358 g/mol. The number of benzene rings is 1. The third kappa shape index (κ3) is 4.52. The van der Waals surface area contributed by atoms with Crippen molar-refractivity contribution in [1.82, 2.24) is 19.7 Å². The van der Waals surface area contributed by atoms with Crippen molar-refractivity contribution in [1.29, 1.82) is 0 Å². The van der Waals surface area contributed by atoms with Crippen LogP contribution in [0.1, 0.15) is 31.1 Å². The highest BCUT2D eigenvalue weighted by atomic mass is 16.5. The highest BCUT2D eigenvalue weighted by Crippen LogP contribution is 2.22. The number of hydrogen-bond acceptors (Lipinski definition) is 6. The minimum Gasteiger partial charge on any atom is -0.444 e. The van der Waals surface area contributed by atoms with Crippen LogP contribution in [-0.2, 0) is 16.1 Å². The standard InChI is InChI=1S/C20H21N5O3/c26-20(28-13-15-6-2-1-3-7-15)23-16-9-10-17(21-12-16)19-22-14-25(24-19)18-8-4-5-11-27-18/h1-3,6-7,9-10,12,14,18H,4-5,8,11,13H2,(H,23,26). The van der Waals surface area contributed by atoms with Gasteiger partial charge in [0.15, 0.2) is 12.1 Å². The first-order valence-corrected chi connectivity index (χ1v) is 9.25. The van der Waals surface area contributed by atoms with E-state index in [-0.39, 0.29) is 12.8 Å². The van der Waals surface area contributed by atoms with Gasteiger partial charge in [0.2, 0.25) is 0 Å². The average molecular weight is 379 g/mol. The summed E-state index contributed by atoms with van der Waals surface area (Å²) >= 11 is 0. The molecule has 3 aromatic rings. The van der Waals surface area contributed by atoms with Gasteiger partial charge in [0.1, 0.15) is 18.6 Å². The number of ether oxygens (including phenoxy) is 2. The molecule has 1 aliphatic heterocycles. The highest BCUT2D eigenvalue weighted by molar-refractivity contribution is 5.84. The van der Waals surface area contributed by atoms with E-state index in [0.29, 0.717) is 17.2 Å². The van der Waals surface area contributed by atoms with E-state index in [1.54, 1.807) is 29.3 Å². The third-order valence-electron chi connectivity index (χ3n) is 4.41. The Hall–Kier alpha value is -3.26. The van der Waals surface area contributed by atoms with Crippen LogP contribution in [0.3, 0.4) is 0 Å². The van der Waals surface area contributed by atoms with Crippen LogP contribution >= 0.6 is 0 Å². The van der Waals surface area contributed by atoms with Crippen LogP contribution in [0.5, 0.6) is 0 Å². The van der Waals surface area contributed by atoms with Crippen LogP contribution in [0.25, 0.3) is 11.5 Å². The lowest BCUT2D eigenvalue weighted by molar-refractivity contribution is -0.0395. The molecule has 1 atom stereocenters. The Kier molecular flexibility index (Phi) is 5.58. The number of carbonyl (C=O) groups excluding carboxylic acids is 1. The lowest BCUT2D eigenvalue weighted by Crippen LogP contribution is -2.18. The Labute approximate surface area is 162 Å². The van der Waals surface area contributed by atoms with Gasteiger partial charge in [-0.1, -0.05) is 30.3 Å². The lowest BCUT2D eigenvalue weighted by Gasteiger charge is -2.21. The number of pyridine rings is 1. The number of anilines is 1. The molecule has 0 aliphatic carbocycles. The van der Waals surface area contributed by atoms with Gasteiger partial charge in [-0.2, -0.15) is 0 Å². The number of nitrogens with one attached hydrogen (secondary N) is 1. The Morgan fingerprint density at radius 3 is 2.82 bits per heavy atom. The van der Waals surface area contributed by atoms with Gasteiger partial charge in [-0.3, -0.25) is 10.3 Å². The zero-order valence-electron chi connectivity index (χ0n) is 15.3. The quantitative estimate of drug-likeness (QED) is 0.725. The fraction of sp³-hybridized carbons (Fsp3) is 0.300. The second kappa shape index (κ2) is 8.62. The van der Waals surface area contributed by atoms with E-state index in [0.717, 1.165) is 31.4 Å². The first-order valence-electron chi connectivity index (χ1n) is 9.25. The van der Waals surface area contributed by atoms with Gasteiger partial charge in [0.05, 0.1) is 11.9 Å². The molecule has 0 bridgehead atoms. The van der Waals surface area contributed by atoms with Crippen molar-refractivity contribution < 1.29 is 14.3 Å². The first kappa shape index (κ1) is 18.1. The topological polar surface area (TPSA) is 91.2 Å². The lowest BCUT2D eigenvalue weighted by atomic mass is 10.2. The van der Waals surface area contributed by atoms with Crippen molar-refractivity contribution in [2.75, 3.05) is 11.9 Å². The summed E-state index contributed by atoms with van der Waals surface area (Å²) in [6.45, 7) is 0.960. The van der Waals surface area contributed by atoms with Crippen molar-refractivity contribution >= 4 is 11.8 Å². The second-order valence-corrected chi connectivity index (χ2v) is 6.49. The molecule has 8 heteroatoms. The second-order valence-electron chi connectivity index (χ2n) is 6.49. The predicted octanol–water partition coefficient (Wildman–Crippen LogP) is 3.79. The maximum atomic E-state index is 11.9. The van der Waals surface area contributed by atoms with Crippen LogP contribution < -0.4 is 5.32 Å². The predicted molar refractivity (Wildman–Crippen MR) is 102 cm³/mol. The Bertz CT molecular complexity index is 905. The molecule has 1 N–H and O–H groups in total. The molecule has 0 spiro atoms. The molecular formula is C20H21N5O3. The Balaban J connectivity index is 1.33. The van der Waals surface area contributed by atoms with Gasteiger partial charge in [-0.25, -0.2) is 14.5 Å². The maximum Gasteiger partial charge on any atom is 0.412 e. The number of hydrogen-bond donors (Lipinski definition) is 1. The monoisotopic (exact) mass is 379 g/mol.